The van der Waals surface area contributed by atoms with Crippen LogP contribution in [0.1, 0.15) is 6.92 Å². The molecule has 0 bridgehead atoms. The Balaban J connectivity index is 2.50. The molecule has 0 spiro atoms. The summed E-state index contributed by atoms with van der Waals surface area (Å²) in [6, 6.07) is 0.756. The Morgan fingerprint density at radius 3 is 2.75 bits per heavy atom. The van der Waals surface area contributed by atoms with Crippen LogP contribution in [0.5, 0.6) is 0 Å². The van der Waals surface area contributed by atoms with Crippen LogP contribution in [0.2, 0.25) is 0 Å². The number of aliphatic carboxylic acids is 1. The summed E-state index contributed by atoms with van der Waals surface area (Å²) >= 11 is 0. The zero-order valence-electron chi connectivity index (χ0n) is 9.10. The lowest BCUT2D eigenvalue weighted by molar-refractivity contribution is -0.141. The third-order valence-electron chi connectivity index (χ3n) is 1.88. The fourth-order valence-electron chi connectivity index (χ4n) is 1.16. The van der Waals surface area contributed by atoms with Crippen molar-refractivity contribution >= 4 is 17.7 Å². The molecule has 0 fully saturated rings. The number of carbonyl (C=O) groups is 2. The average Bonchev–Trinajstić information content (AvgIpc) is 2.58. The van der Waals surface area contributed by atoms with E-state index in [1.54, 1.807) is 24.0 Å². The maximum atomic E-state index is 10.8. The molecule has 0 radical (unpaired) electrons. The predicted octanol–water partition coefficient (Wildman–Crippen LogP) is -0.579. The highest BCUT2D eigenvalue weighted by Gasteiger charge is 2.17. The highest BCUT2D eigenvalue weighted by Crippen LogP contribution is 2.00. The number of carboxylic acids is 1. The average molecular weight is 226 g/mol. The van der Waals surface area contributed by atoms with Gasteiger partial charge in [-0.15, -0.1) is 0 Å². The summed E-state index contributed by atoms with van der Waals surface area (Å²) in [6.07, 6.45) is 1.73. The Morgan fingerprint density at radius 1 is 1.62 bits per heavy atom. The molecule has 0 aromatic carbocycles. The Kier molecular flexibility index (Phi) is 3.87. The molecule has 1 aromatic rings. The van der Waals surface area contributed by atoms with Gasteiger partial charge in [-0.2, -0.15) is 5.10 Å². The Bertz CT molecular complexity index is 388. The second-order valence-corrected chi connectivity index (χ2v) is 3.35. The Labute approximate surface area is 92.4 Å². The normalized spacial score (nSPS) is 11.9. The predicted molar refractivity (Wildman–Crippen MR) is 56.9 cm³/mol. The van der Waals surface area contributed by atoms with Crippen molar-refractivity contribution in [3.05, 3.63) is 12.3 Å². The van der Waals surface area contributed by atoms with Crippen molar-refractivity contribution in [1.82, 2.24) is 15.1 Å². The maximum Gasteiger partial charge on any atom is 0.328 e. The van der Waals surface area contributed by atoms with Gasteiger partial charge in [0.15, 0.2) is 0 Å². The topological polar surface area (TPSA) is 96.3 Å². The number of hydrogen-bond acceptors (Lipinski definition) is 4. The molecule has 1 heterocycles. The molecule has 1 unspecified atom stereocenters. The van der Waals surface area contributed by atoms with Gasteiger partial charge in [0.25, 0.3) is 0 Å². The smallest absolute Gasteiger partial charge is 0.328 e. The third-order valence-corrected chi connectivity index (χ3v) is 1.88. The number of amides is 1. The number of nitrogens with zero attached hydrogens (tertiary/aromatic N) is 2. The van der Waals surface area contributed by atoms with Crippen molar-refractivity contribution in [1.29, 1.82) is 0 Å². The van der Waals surface area contributed by atoms with E-state index in [4.69, 9.17) is 5.11 Å². The van der Waals surface area contributed by atoms with Crippen molar-refractivity contribution in [3.8, 4) is 0 Å². The number of nitrogens with one attached hydrogen (secondary N) is 2. The van der Waals surface area contributed by atoms with E-state index in [1.165, 1.54) is 6.92 Å². The van der Waals surface area contributed by atoms with Crippen LogP contribution in [0, 0.1) is 0 Å². The minimum atomic E-state index is -1.08. The fourth-order valence-corrected chi connectivity index (χ4v) is 1.16. The summed E-state index contributed by atoms with van der Waals surface area (Å²) in [7, 11) is 1.76. The van der Waals surface area contributed by atoms with E-state index in [9.17, 15) is 9.59 Å². The summed E-state index contributed by atoms with van der Waals surface area (Å²) in [5, 5.41) is 18.0. The van der Waals surface area contributed by atoms with Crippen LogP contribution in [0.4, 0.5) is 5.82 Å². The molecule has 1 atom stereocenters. The molecule has 16 heavy (non-hydrogen) atoms. The molecular weight excluding hydrogens is 212 g/mol. The summed E-state index contributed by atoms with van der Waals surface area (Å²) in [5.41, 5.74) is 0. The van der Waals surface area contributed by atoms with Crippen LogP contribution >= 0.6 is 0 Å². The van der Waals surface area contributed by atoms with Crippen LogP contribution in [-0.2, 0) is 16.6 Å². The molecule has 1 aromatic heterocycles. The first kappa shape index (κ1) is 12.0. The van der Waals surface area contributed by atoms with E-state index in [1.807, 2.05) is 0 Å². The van der Waals surface area contributed by atoms with Gasteiger partial charge in [0, 0.05) is 32.8 Å². The second-order valence-electron chi connectivity index (χ2n) is 3.35. The van der Waals surface area contributed by atoms with Gasteiger partial charge >= 0.3 is 5.97 Å². The van der Waals surface area contributed by atoms with E-state index in [-0.39, 0.29) is 12.5 Å². The molecule has 0 aliphatic heterocycles. The minimum Gasteiger partial charge on any atom is -0.480 e. The van der Waals surface area contributed by atoms with E-state index < -0.39 is 12.0 Å². The van der Waals surface area contributed by atoms with Crippen LogP contribution in [0.25, 0.3) is 0 Å². The number of rotatable bonds is 5. The summed E-state index contributed by atoms with van der Waals surface area (Å²) < 4.78 is 1.59. The summed E-state index contributed by atoms with van der Waals surface area (Å²) in [5.74, 6) is -0.895. The molecule has 0 aliphatic carbocycles. The van der Waals surface area contributed by atoms with E-state index in [0.29, 0.717) is 5.82 Å². The molecule has 1 rings (SSSR count). The number of aryl methyl sites for hydroxylation is 1. The van der Waals surface area contributed by atoms with Gasteiger partial charge in [-0.05, 0) is 0 Å². The number of carboxylic acid groups (broad SMARTS) is 1. The maximum absolute atomic E-state index is 10.8. The molecule has 1 amide bonds. The largest absolute Gasteiger partial charge is 0.480 e. The molecule has 0 saturated carbocycles. The fraction of sp³-hybridized carbons (Fsp3) is 0.444. The van der Waals surface area contributed by atoms with Crippen LogP contribution < -0.4 is 10.6 Å². The lowest BCUT2D eigenvalue weighted by Gasteiger charge is -2.13. The first-order chi connectivity index (χ1) is 7.49. The van der Waals surface area contributed by atoms with Crippen molar-refractivity contribution in [3.63, 3.8) is 0 Å². The van der Waals surface area contributed by atoms with Crippen molar-refractivity contribution in [2.24, 2.45) is 7.05 Å². The third kappa shape index (κ3) is 3.60. The van der Waals surface area contributed by atoms with E-state index in [2.05, 4.69) is 15.7 Å². The number of anilines is 1. The molecule has 88 valence electrons. The van der Waals surface area contributed by atoms with Gasteiger partial charge < -0.3 is 15.7 Å². The zero-order valence-corrected chi connectivity index (χ0v) is 9.10. The van der Waals surface area contributed by atoms with Crippen molar-refractivity contribution in [2.75, 3.05) is 11.9 Å². The van der Waals surface area contributed by atoms with Gasteiger partial charge in [-0.1, -0.05) is 0 Å². The lowest BCUT2D eigenvalue weighted by atomic mass is 10.3. The van der Waals surface area contributed by atoms with Crippen LogP contribution in [-0.4, -0.2) is 39.4 Å². The van der Waals surface area contributed by atoms with Crippen molar-refractivity contribution < 1.29 is 14.7 Å². The van der Waals surface area contributed by atoms with E-state index >= 15 is 0 Å². The first-order valence-corrected chi connectivity index (χ1v) is 4.72. The number of hydrogen-bond donors (Lipinski definition) is 3. The number of carbonyl (C=O) groups excluding carboxylic acids is 1. The highest BCUT2D eigenvalue weighted by molar-refractivity contribution is 5.82. The Morgan fingerprint density at radius 2 is 2.31 bits per heavy atom. The molecule has 0 aliphatic rings. The minimum absolute atomic E-state index is 0.0892. The standard InChI is InChI=1S/C9H14N4O3/c1-6(14)11-7(9(15)16)5-10-8-3-4-13(2)12-8/h3-4,7H,5H2,1-2H3,(H,10,12)(H,11,14)(H,15,16). The van der Waals surface area contributed by atoms with Gasteiger partial charge in [0.1, 0.15) is 11.9 Å². The van der Waals surface area contributed by atoms with Crippen LogP contribution in [0.15, 0.2) is 12.3 Å². The van der Waals surface area contributed by atoms with Gasteiger partial charge in [-0.3, -0.25) is 9.48 Å². The summed E-state index contributed by atoms with van der Waals surface area (Å²) in [6.45, 7) is 1.36. The van der Waals surface area contributed by atoms with Crippen LogP contribution in [0.3, 0.4) is 0 Å². The second kappa shape index (κ2) is 5.15. The monoisotopic (exact) mass is 226 g/mol. The summed E-state index contributed by atoms with van der Waals surface area (Å²) in [4.78, 5) is 21.5. The van der Waals surface area contributed by atoms with E-state index in [0.717, 1.165) is 0 Å². The quantitative estimate of drug-likeness (QED) is 0.624. The lowest BCUT2D eigenvalue weighted by Crippen LogP contribution is -2.44. The first-order valence-electron chi connectivity index (χ1n) is 4.72. The molecule has 0 saturated heterocycles. The molecule has 7 nitrogen and oxygen atoms in total. The molecular formula is C9H14N4O3. The van der Waals surface area contributed by atoms with Crippen molar-refractivity contribution in [2.45, 2.75) is 13.0 Å². The highest BCUT2D eigenvalue weighted by atomic mass is 16.4. The molecule has 7 heteroatoms. The zero-order chi connectivity index (χ0) is 12.1. The molecule has 3 N–H and O–H groups in total. The SMILES string of the molecule is CC(=O)NC(CNc1ccn(C)n1)C(=O)O. The van der Waals surface area contributed by atoms with Gasteiger partial charge in [0.05, 0.1) is 0 Å². The Hall–Kier alpha value is -2.05. The number of aromatic nitrogens is 2. The van der Waals surface area contributed by atoms with Gasteiger partial charge in [-0.25, -0.2) is 4.79 Å². The van der Waals surface area contributed by atoms with Gasteiger partial charge in [0.2, 0.25) is 5.91 Å².